The number of carbonyl (C=O) groups is 2. The molecule has 0 aliphatic rings. The van der Waals surface area contributed by atoms with E-state index in [2.05, 4.69) is 13.8 Å². The molecule has 3 atom stereocenters. The second kappa shape index (κ2) is 38.3. The third-order valence-corrected chi connectivity index (χ3v) is 10.6. The lowest BCUT2D eigenvalue weighted by Gasteiger charge is -2.20. The Morgan fingerprint density at radius 3 is 1.27 bits per heavy atom. The Kier molecular flexibility index (Phi) is 37.5. The quantitative estimate of drug-likeness (QED) is 0.0311. The smallest absolute Gasteiger partial charge is 0.472 e. The summed E-state index contributed by atoms with van der Waals surface area (Å²) in [5, 5.41) is 8.88. The van der Waals surface area contributed by atoms with Crippen LogP contribution < -0.4 is 5.73 Å². The van der Waals surface area contributed by atoms with Crippen molar-refractivity contribution >= 4 is 19.8 Å². The van der Waals surface area contributed by atoms with Crippen LogP contribution in [0, 0.1) is 0 Å². The second-order valence-corrected chi connectivity index (χ2v) is 16.3. The van der Waals surface area contributed by atoms with Crippen molar-refractivity contribution in [1.82, 2.24) is 0 Å². The van der Waals surface area contributed by atoms with Crippen LogP contribution in [0.1, 0.15) is 213 Å². The Balaban J connectivity index is 4.13. The van der Waals surface area contributed by atoms with Gasteiger partial charge in [-0.25, -0.2) is 4.57 Å². The number of rotatable bonds is 42. The molecule has 11 heteroatoms. The number of phosphoric acid groups is 1. The van der Waals surface area contributed by atoms with Crippen molar-refractivity contribution in [2.24, 2.45) is 5.73 Å². The molecule has 0 aliphatic carbocycles. The monoisotopic (exact) mass is 764 g/mol. The SMILES string of the molecule is CCCCCCCCCCCCCCCCCCCCCOCC(COP(=O)(O)OCC(N)C(=O)O)OC(=O)CCCCCCCCCCCCC. The lowest BCUT2D eigenvalue weighted by Crippen LogP contribution is -2.34. The first-order valence-electron chi connectivity index (χ1n) is 21.6. The van der Waals surface area contributed by atoms with Gasteiger partial charge in [-0.05, 0) is 12.8 Å². The summed E-state index contributed by atoms with van der Waals surface area (Å²) in [6.07, 6.45) is 37.3. The maximum absolute atomic E-state index is 12.6. The highest BCUT2D eigenvalue weighted by Gasteiger charge is 2.27. The van der Waals surface area contributed by atoms with Crippen molar-refractivity contribution in [3.8, 4) is 0 Å². The molecule has 0 radical (unpaired) electrons. The van der Waals surface area contributed by atoms with Crippen molar-refractivity contribution in [2.45, 2.75) is 225 Å². The third-order valence-electron chi connectivity index (χ3n) is 9.64. The summed E-state index contributed by atoms with van der Waals surface area (Å²) in [5.41, 5.74) is 5.35. The van der Waals surface area contributed by atoms with Crippen molar-refractivity contribution in [3.05, 3.63) is 0 Å². The highest BCUT2D eigenvalue weighted by Crippen LogP contribution is 2.43. The summed E-state index contributed by atoms with van der Waals surface area (Å²) in [6, 6.07) is -1.47. The number of ether oxygens (including phenoxy) is 2. The zero-order chi connectivity index (χ0) is 38.4. The van der Waals surface area contributed by atoms with Crippen molar-refractivity contribution in [3.63, 3.8) is 0 Å². The van der Waals surface area contributed by atoms with E-state index in [0.717, 1.165) is 38.5 Å². The molecule has 0 spiro atoms. The molecule has 0 heterocycles. The van der Waals surface area contributed by atoms with Crippen LogP contribution in [0.25, 0.3) is 0 Å². The minimum absolute atomic E-state index is 0.0255. The summed E-state index contributed by atoms with van der Waals surface area (Å²) >= 11 is 0. The Morgan fingerprint density at radius 2 is 0.885 bits per heavy atom. The Bertz CT molecular complexity index is 847. The van der Waals surface area contributed by atoms with E-state index < -0.39 is 45.1 Å². The van der Waals surface area contributed by atoms with Gasteiger partial charge in [0.15, 0.2) is 0 Å². The maximum atomic E-state index is 12.6. The number of hydrogen-bond donors (Lipinski definition) is 3. The molecule has 0 aromatic carbocycles. The first-order chi connectivity index (χ1) is 25.2. The summed E-state index contributed by atoms with van der Waals surface area (Å²) in [5.74, 6) is -1.77. The van der Waals surface area contributed by atoms with Crippen LogP contribution in [-0.4, -0.2) is 60.5 Å². The highest BCUT2D eigenvalue weighted by atomic mass is 31.2. The summed E-state index contributed by atoms with van der Waals surface area (Å²) in [6.45, 7) is 3.91. The summed E-state index contributed by atoms with van der Waals surface area (Å²) < 4.78 is 33.3. The molecule has 0 aliphatic heterocycles. The van der Waals surface area contributed by atoms with Gasteiger partial charge in [-0.2, -0.15) is 0 Å². The number of esters is 1. The lowest BCUT2D eigenvalue weighted by atomic mass is 10.0. The van der Waals surface area contributed by atoms with Crippen LogP contribution in [0.15, 0.2) is 0 Å². The molecule has 10 nitrogen and oxygen atoms in total. The van der Waals surface area contributed by atoms with E-state index in [-0.39, 0.29) is 13.0 Å². The molecule has 52 heavy (non-hydrogen) atoms. The van der Waals surface area contributed by atoms with Crippen LogP contribution in [0.5, 0.6) is 0 Å². The molecule has 4 N–H and O–H groups in total. The van der Waals surface area contributed by atoms with Crippen molar-refractivity contribution in [1.29, 1.82) is 0 Å². The van der Waals surface area contributed by atoms with Crippen molar-refractivity contribution in [2.75, 3.05) is 26.4 Å². The molecule has 0 aromatic heterocycles. The molecule has 310 valence electrons. The van der Waals surface area contributed by atoms with Gasteiger partial charge in [0.1, 0.15) is 12.1 Å². The topological polar surface area (TPSA) is 155 Å². The molecule has 0 fully saturated rings. The minimum Gasteiger partial charge on any atom is -0.480 e. The summed E-state index contributed by atoms with van der Waals surface area (Å²) in [7, 11) is -4.60. The van der Waals surface area contributed by atoms with Crippen LogP contribution >= 0.6 is 7.82 Å². The van der Waals surface area contributed by atoms with Gasteiger partial charge >= 0.3 is 19.8 Å². The van der Waals surface area contributed by atoms with E-state index in [9.17, 15) is 19.0 Å². The first-order valence-corrected chi connectivity index (χ1v) is 23.1. The van der Waals surface area contributed by atoms with E-state index >= 15 is 0 Å². The number of aliphatic carboxylic acids is 1. The van der Waals surface area contributed by atoms with E-state index in [4.69, 9.17) is 29.4 Å². The number of phosphoric ester groups is 1. The third kappa shape index (κ3) is 37.3. The van der Waals surface area contributed by atoms with Crippen LogP contribution in [0.2, 0.25) is 0 Å². The van der Waals surface area contributed by atoms with Gasteiger partial charge in [-0.1, -0.05) is 194 Å². The van der Waals surface area contributed by atoms with Crippen LogP contribution in [0.4, 0.5) is 0 Å². The molecule has 0 saturated heterocycles. The molecule has 0 amide bonds. The number of carbonyl (C=O) groups excluding carboxylic acids is 1. The Labute approximate surface area is 319 Å². The van der Waals surface area contributed by atoms with Crippen LogP contribution in [-0.2, 0) is 32.7 Å². The zero-order valence-corrected chi connectivity index (χ0v) is 34.6. The largest absolute Gasteiger partial charge is 0.480 e. The van der Waals surface area contributed by atoms with E-state index in [1.54, 1.807) is 0 Å². The number of hydrogen-bond acceptors (Lipinski definition) is 8. The van der Waals surface area contributed by atoms with Gasteiger partial charge in [0.2, 0.25) is 0 Å². The number of nitrogens with two attached hydrogens (primary N) is 1. The van der Waals surface area contributed by atoms with Gasteiger partial charge < -0.3 is 25.2 Å². The molecule has 0 rings (SSSR count). The zero-order valence-electron chi connectivity index (χ0n) is 33.7. The van der Waals surface area contributed by atoms with Gasteiger partial charge in [-0.15, -0.1) is 0 Å². The normalized spacial score (nSPS) is 13.9. The molecule has 0 bridgehead atoms. The predicted molar refractivity (Wildman–Crippen MR) is 213 cm³/mol. The standard InChI is InChI=1S/C41H82NO9P/c1-3-5-7-9-11-13-15-16-17-18-19-20-21-22-24-26-28-30-32-34-48-35-38(36-49-52(46,47)50-37-39(42)41(44)45)51-40(43)33-31-29-27-25-23-14-12-10-8-6-4-2/h38-39H,3-37,42H2,1-2H3,(H,44,45)(H,46,47). The minimum atomic E-state index is -4.60. The van der Waals surface area contributed by atoms with Crippen molar-refractivity contribution < 1.29 is 42.7 Å². The van der Waals surface area contributed by atoms with E-state index in [1.165, 1.54) is 154 Å². The molecule has 0 aromatic rings. The van der Waals surface area contributed by atoms with Crippen LogP contribution in [0.3, 0.4) is 0 Å². The second-order valence-electron chi connectivity index (χ2n) is 14.8. The number of carboxylic acid groups (broad SMARTS) is 1. The number of carboxylic acids is 1. The fourth-order valence-electron chi connectivity index (χ4n) is 6.25. The molecular weight excluding hydrogens is 681 g/mol. The Morgan fingerprint density at radius 1 is 0.538 bits per heavy atom. The molecule has 0 saturated carbocycles. The average molecular weight is 764 g/mol. The predicted octanol–water partition coefficient (Wildman–Crippen LogP) is 11.6. The van der Waals surface area contributed by atoms with E-state index in [1.807, 2.05) is 0 Å². The van der Waals surface area contributed by atoms with Gasteiger partial charge in [-0.3, -0.25) is 18.6 Å². The maximum Gasteiger partial charge on any atom is 0.472 e. The molecular formula is C41H82NO9P. The van der Waals surface area contributed by atoms with Gasteiger partial charge in [0.25, 0.3) is 0 Å². The highest BCUT2D eigenvalue weighted by molar-refractivity contribution is 7.47. The summed E-state index contributed by atoms with van der Waals surface area (Å²) in [4.78, 5) is 33.4. The van der Waals surface area contributed by atoms with Gasteiger partial charge in [0.05, 0.1) is 19.8 Å². The lowest BCUT2D eigenvalue weighted by molar-refractivity contribution is -0.154. The van der Waals surface area contributed by atoms with Gasteiger partial charge in [0, 0.05) is 13.0 Å². The average Bonchev–Trinajstić information content (AvgIpc) is 3.12. The Hall–Kier alpha value is -1.03. The fourth-order valence-corrected chi connectivity index (χ4v) is 7.03. The fraction of sp³-hybridized carbons (Fsp3) is 0.951. The number of unbranched alkanes of at least 4 members (excludes halogenated alkanes) is 28. The van der Waals surface area contributed by atoms with E-state index in [0.29, 0.717) is 6.61 Å². The molecule has 3 unspecified atom stereocenters. The first kappa shape index (κ1) is 51.0.